The first kappa shape index (κ1) is 14.7. The molecule has 0 saturated heterocycles. The molecule has 1 aromatic carbocycles. The molecule has 1 rings (SSSR count). The Labute approximate surface area is 110 Å². The first-order valence-corrected chi connectivity index (χ1v) is 5.65. The van der Waals surface area contributed by atoms with Gasteiger partial charge in [0.15, 0.2) is 0 Å². The average Bonchev–Trinajstić information content (AvgIpc) is 2.42. The van der Waals surface area contributed by atoms with Crippen molar-refractivity contribution >= 4 is 23.9 Å². The lowest BCUT2D eigenvalue weighted by Crippen LogP contribution is -2.39. The Kier molecular flexibility index (Phi) is 5.49. The molecule has 0 spiro atoms. The van der Waals surface area contributed by atoms with E-state index in [4.69, 9.17) is 10.8 Å². The molecular weight excluding hydrogens is 250 g/mol. The van der Waals surface area contributed by atoms with Crippen molar-refractivity contribution in [3.63, 3.8) is 0 Å². The van der Waals surface area contributed by atoms with Crippen LogP contribution < -0.4 is 11.1 Å². The van der Waals surface area contributed by atoms with Crippen LogP contribution in [0.25, 0.3) is 0 Å². The molecular formula is C12H15N3O4. The highest BCUT2D eigenvalue weighted by Crippen LogP contribution is 2.13. The SMILES string of the molecule is NCCCN(C=O)C(=O)C(=O)Nc1ccc(O)cc1. The van der Waals surface area contributed by atoms with Crippen LogP contribution in [0.5, 0.6) is 5.75 Å². The number of nitrogens with zero attached hydrogens (tertiary/aromatic N) is 1. The highest BCUT2D eigenvalue weighted by molar-refractivity contribution is 6.41. The zero-order valence-electron chi connectivity index (χ0n) is 10.2. The van der Waals surface area contributed by atoms with Crippen LogP contribution in [-0.4, -0.2) is 41.3 Å². The van der Waals surface area contributed by atoms with Gasteiger partial charge >= 0.3 is 11.8 Å². The molecule has 0 bridgehead atoms. The van der Waals surface area contributed by atoms with Gasteiger partial charge < -0.3 is 16.2 Å². The number of benzene rings is 1. The monoisotopic (exact) mass is 265 g/mol. The third kappa shape index (κ3) is 4.40. The van der Waals surface area contributed by atoms with Gasteiger partial charge in [0.2, 0.25) is 6.41 Å². The number of rotatable bonds is 5. The number of nitrogens with two attached hydrogens (primary N) is 1. The number of hydrogen-bond acceptors (Lipinski definition) is 5. The van der Waals surface area contributed by atoms with Gasteiger partial charge in [-0.2, -0.15) is 0 Å². The van der Waals surface area contributed by atoms with Gasteiger partial charge in [-0.25, -0.2) is 0 Å². The van der Waals surface area contributed by atoms with Crippen LogP contribution in [-0.2, 0) is 14.4 Å². The van der Waals surface area contributed by atoms with Crippen LogP contribution >= 0.6 is 0 Å². The number of phenols is 1. The van der Waals surface area contributed by atoms with Gasteiger partial charge in [-0.3, -0.25) is 19.3 Å². The fraction of sp³-hybridized carbons (Fsp3) is 0.250. The van der Waals surface area contributed by atoms with Crippen molar-refractivity contribution in [3.8, 4) is 5.75 Å². The van der Waals surface area contributed by atoms with Crippen molar-refractivity contribution in [1.29, 1.82) is 0 Å². The number of amides is 3. The summed E-state index contributed by atoms with van der Waals surface area (Å²) in [5.74, 6) is -1.83. The van der Waals surface area contributed by atoms with Gasteiger partial charge in [0.05, 0.1) is 0 Å². The summed E-state index contributed by atoms with van der Waals surface area (Å²) in [6.07, 6.45) is 0.728. The standard InChI is InChI=1S/C12H15N3O4/c13-6-1-7-15(8-16)12(19)11(18)14-9-2-4-10(17)5-3-9/h2-5,8,17H,1,6-7,13H2,(H,14,18). The molecule has 0 aromatic heterocycles. The summed E-state index contributed by atoms with van der Waals surface area (Å²) in [5.41, 5.74) is 5.62. The number of carbonyl (C=O) groups excluding carboxylic acids is 3. The second kappa shape index (κ2) is 7.12. The zero-order chi connectivity index (χ0) is 14.3. The molecule has 0 saturated carbocycles. The molecule has 7 heteroatoms. The first-order valence-electron chi connectivity index (χ1n) is 5.65. The average molecular weight is 265 g/mol. The molecule has 4 N–H and O–H groups in total. The van der Waals surface area contributed by atoms with Crippen LogP contribution in [0.15, 0.2) is 24.3 Å². The van der Waals surface area contributed by atoms with Crippen molar-refractivity contribution in [2.45, 2.75) is 6.42 Å². The number of aromatic hydroxyl groups is 1. The Bertz CT molecular complexity index is 459. The Hall–Kier alpha value is -2.41. The molecule has 0 atom stereocenters. The second-order valence-corrected chi connectivity index (χ2v) is 3.75. The van der Waals surface area contributed by atoms with E-state index in [9.17, 15) is 14.4 Å². The molecule has 0 heterocycles. The van der Waals surface area contributed by atoms with E-state index < -0.39 is 11.8 Å². The largest absolute Gasteiger partial charge is 0.508 e. The normalized spacial score (nSPS) is 9.74. The van der Waals surface area contributed by atoms with Crippen molar-refractivity contribution in [1.82, 2.24) is 4.90 Å². The molecule has 3 amide bonds. The lowest BCUT2D eigenvalue weighted by atomic mass is 10.3. The van der Waals surface area contributed by atoms with Gasteiger partial charge in [0.25, 0.3) is 0 Å². The molecule has 0 aliphatic rings. The summed E-state index contributed by atoms with van der Waals surface area (Å²) in [6, 6.07) is 5.61. The Morgan fingerprint density at radius 2 is 1.95 bits per heavy atom. The lowest BCUT2D eigenvalue weighted by molar-refractivity contribution is -0.146. The lowest BCUT2D eigenvalue weighted by Gasteiger charge is -2.14. The maximum Gasteiger partial charge on any atom is 0.318 e. The van der Waals surface area contributed by atoms with E-state index >= 15 is 0 Å². The highest BCUT2D eigenvalue weighted by atomic mass is 16.3. The van der Waals surface area contributed by atoms with E-state index in [1.54, 1.807) is 0 Å². The van der Waals surface area contributed by atoms with E-state index in [1.165, 1.54) is 24.3 Å². The summed E-state index contributed by atoms with van der Waals surface area (Å²) < 4.78 is 0. The quantitative estimate of drug-likeness (QED) is 0.383. The minimum Gasteiger partial charge on any atom is -0.508 e. The fourth-order valence-corrected chi connectivity index (χ4v) is 1.32. The van der Waals surface area contributed by atoms with Gasteiger partial charge in [0, 0.05) is 12.2 Å². The molecule has 0 unspecified atom stereocenters. The van der Waals surface area contributed by atoms with Gasteiger partial charge in [-0.15, -0.1) is 0 Å². The number of nitrogens with one attached hydrogen (secondary N) is 1. The number of carbonyl (C=O) groups is 3. The molecule has 1 aromatic rings. The number of phenolic OH excluding ortho intramolecular Hbond substituents is 1. The van der Waals surface area contributed by atoms with Gasteiger partial charge in [-0.05, 0) is 37.2 Å². The molecule has 19 heavy (non-hydrogen) atoms. The topological polar surface area (TPSA) is 113 Å². The summed E-state index contributed by atoms with van der Waals surface area (Å²) in [5, 5.41) is 11.4. The molecule has 0 fully saturated rings. The summed E-state index contributed by atoms with van der Waals surface area (Å²) in [6.45, 7) is 0.416. The van der Waals surface area contributed by atoms with Crippen LogP contribution in [0, 0.1) is 0 Å². The number of imide groups is 1. The smallest absolute Gasteiger partial charge is 0.318 e. The maximum absolute atomic E-state index is 11.6. The highest BCUT2D eigenvalue weighted by Gasteiger charge is 2.20. The van der Waals surface area contributed by atoms with Crippen LogP contribution in [0.1, 0.15) is 6.42 Å². The minimum absolute atomic E-state index is 0.0433. The summed E-state index contributed by atoms with van der Waals surface area (Å²) >= 11 is 0. The molecule has 102 valence electrons. The van der Waals surface area contributed by atoms with Crippen molar-refractivity contribution in [2.75, 3.05) is 18.4 Å². The Morgan fingerprint density at radius 1 is 1.32 bits per heavy atom. The molecule has 0 aliphatic heterocycles. The van der Waals surface area contributed by atoms with E-state index in [0.717, 1.165) is 4.90 Å². The van der Waals surface area contributed by atoms with E-state index in [0.29, 0.717) is 25.1 Å². The summed E-state index contributed by atoms with van der Waals surface area (Å²) in [7, 11) is 0. The van der Waals surface area contributed by atoms with Crippen LogP contribution in [0.4, 0.5) is 5.69 Å². The van der Waals surface area contributed by atoms with Crippen molar-refractivity contribution in [3.05, 3.63) is 24.3 Å². The minimum atomic E-state index is -0.948. The predicted octanol–water partition coefficient (Wildman–Crippen LogP) is -0.336. The van der Waals surface area contributed by atoms with Crippen LogP contribution in [0.2, 0.25) is 0 Å². The maximum atomic E-state index is 11.6. The predicted molar refractivity (Wildman–Crippen MR) is 68.2 cm³/mol. The molecule has 0 radical (unpaired) electrons. The zero-order valence-corrected chi connectivity index (χ0v) is 10.2. The van der Waals surface area contributed by atoms with E-state index in [1.807, 2.05) is 0 Å². The van der Waals surface area contributed by atoms with Gasteiger partial charge in [-0.1, -0.05) is 0 Å². The second-order valence-electron chi connectivity index (χ2n) is 3.75. The third-order valence-corrected chi connectivity index (χ3v) is 2.31. The van der Waals surface area contributed by atoms with E-state index in [2.05, 4.69) is 5.32 Å². The van der Waals surface area contributed by atoms with E-state index in [-0.39, 0.29) is 12.3 Å². The molecule has 7 nitrogen and oxygen atoms in total. The van der Waals surface area contributed by atoms with Crippen molar-refractivity contribution in [2.24, 2.45) is 5.73 Å². The molecule has 0 aliphatic carbocycles. The van der Waals surface area contributed by atoms with Gasteiger partial charge in [0.1, 0.15) is 5.75 Å². The Morgan fingerprint density at radius 3 is 2.47 bits per heavy atom. The Balaban J connectivity index is 2.63. The summed E-state index contributed by atoms with van der Waals surface area (Å²) in [4.78, 5) is 34.7. The fourth-order valence-electron chi connectivity index (χ4n) is 1.32. The first-order chi connectivity index (χ1) is 9.08. The number of anilines is 1. The number of hydrogen-bond donors (Lipinski definition) is 3. The van der Waals surface area contributed by atoms with Crippen molar-refractivity contribution < 1.29 is 19.5 Å². The third-order valence-electron chi connectivity index (χ3n) is 2.31. The van der Waals surface area contributed by atoms with Crippen LogP contribution in [0.3, 0.4) is 0 Å².